The molecule has 2 nitrogen and oxygen atoms in total. The van der Waals surface area contributed by atoms with Crippen LogP contribution in [0.3, 0.4) is 0 Å². The van der Waals surface area contributed by atoms with Crippen molar-refractivity contribution in [2.75, 3.05) is 0 Å². The summed E-state index contributed by atoms with van der Waals surface area (Å²) in [4.78, 5) is 8.14. The van der Waals surface area contributed by atoms with Crippen molar-refractivity contribution >= 4 is 54.1 Å². The van der Waals surface area contributed by atoms with Crippen LogP contribution in [-0.4, -0.2) is 9.97 Å². The molecule has 0 saturated heterocycles. The van der Waals surface area contributed by atoms with E-state index in [1.54, 1.807) is 11.3 Å². The maximum Gasteiger partial charge on any atom is 0.0943 e. The predicted molar refractivity (Wildman–Crippen MR) is 86.5 cm³/mol. The largest absolute Gasteiger partial charge is 0.352 e. The Morgan fingerprint density at radius 2 is 1.75 bits per heavy atom. The van der Waals surface area contributed by atoms with Crippen molar-refractivity contribution in [1.29, 1.82) is 0 Å². The minimum Gasteiger partial charge on any atom is -0.352 e. The van der Waals surface area contributed by atoms with Gasteiger partial charge in [0.15, 0.2) is 0 Å². The van der Waals surface area contributed by atoms with Gasteiger partial charge in [-0.15, -0.1) is 11.3 Å². The van der Waals surface area contributed by atoms with Crippen molar-refractivity contribution in [3.8, 4) is 0 Å². The van der Waals surface area contributed by atoms with E-state index in [2.05, 4.69) is 51.7 Å². The molecule has 20 heavy (non-hydrogen) atoms. The average molecular weight is 274 g/mol. The Balaban J connectivity index is 2.12. The lowest BCUT2D eigenvalue weighted by Crippen LogP contribution is -1.78. The highest BCUT2D eigenvalue weighted by atomic mass is 32.1. The van der Waals surface area contributed by atoms with Crippen LogP contribution < -0.4 is 0 Å². The normalized spacial score (nSPS) is 12.0. The molecule has 0 atom stereocenters. The summed E-state index contributed by atoms with van der Waals surface area (Å²) in [6, 6.07) is 15.0. The zero-order chi connectivity index (χ0) is 13.1. The predicted octanol–water partition coefficient (Wildman–Crippen LogP) is 5.08. The van der Waals surface area contributed by atoms with Crippen LogP contribution in [0.1, 0.15) is 0 Å². The Hall–Kier alpha value is -2.39. The highest BCUT2D eigenvalue weighted by molar-refractivity contribution is 7.17. The second kappa shape index (κ2) is 3.58. The van der Waals surface area contributed by atoms with Gasteiger partial charge in [0, 0.05) is 32.4 Å². The number of pyridine rings is 1. The van der Waals surface area contributed by atoms with E-state index in [-0.39, 0.29) is 0 Å². The van der Waals surface area contributed by atoms with Gasteiger partial charge in [0.1, 0.15) is 0 Å². The zero-order valence-electron chi connectivity index (χ0n) is 10.6. The molecule has 0 saturated carbocycles. The lowest BCUT2D eigenvalue weighted by Gasteiger charge is -1.97. The third-order valence-electron chi connectivity index (χ3n) is 3.95. The molecule has 1 N–H and O–H groups in total. The number of hydrogen-bond donors (Lipinski definition) is 1. The van der Waals surface area contributed by atoms with Gasteiger partial charge in [-0.2, -0.15) is 0 Å². The molecule has 0 aliphatic rings. The molecule has 0 radical (unpaired) electrons. The van der Waals surface area contributed by atoms with Crippen LogP contribution in [0.4, 0.5) is 0 Å². The van der Waals surface area contributed by atoms with Crippen LogP contribution in [0, 0.1) is 0 Å². The summed E-state index contributed by atoms with van der Waals surface area (Å²) >= 11 is 1.78. The molecule has 0 bridgehead atoms. The van der Waals surface area contributed by atoms with E-state index in [9.17, 15) is 0 Å². The van der Waals surface area contributed by atoms with Crippen molar-refractivity contribution < 1.29 is 0 Å². The molecule has 3 heteroatoms. The minimum atomic E-state index is 1.05. The van der Waals surface area contributed by atoms with Crippen LogP contribution >= 0.6 is 11.3 Å². The summed E-state index contributed by atoms with van der Waals surface area (Å²) in [6.07, 6.45) is 1.85. The van der Waals surface area contributed by atoms with E-state index in [1.165, 1.54) is 31.8 Å². The van der Waals surface area contributed by atoms with Gasteiger partial charge in [-0.1, -0.05) is 24.3 Å². The lowest BCUT2D eigenvalue weighted by molar-refractivity contribution is 1.41. The Labute approximate surface area is 118 Å². The molecule has 2 aromatic carbocycles. The molecule has 0 fully saturated rings. The van der Waals surface area contributed by atoms with Crippen LogP contribution in [0.25, 0.3) is 42.8 Å². The van der Waals surface area contributed by atoms with Gasteiger partial charge >= 0.3 is 0 Å². The highest BCUT2D eigenvalue weighted by Crippen LogP contribution is 2.35. The SMILES string of the molecule is c1cnc2c(c1)ccc1c3ccc4sccc4c3[nH]c12. The fraction of sp³-hybridized carbons (Fsp3) is 0. The summed E-state index contributed by atoms with van der Waals surface area (Å²) in [6.45, 7) is 0. The monoisotopic (exact) mass is 274 g/mol. The first-order valence-electron chi connectivity index (χ1n) is 6.57. The number of aromatic amines is 1. The van der Waals surface area contributed by atoms with Crippen LogP contribution in [0.5, 0.6) is 0 Å². The van der Waals surface area contributed by atoms with E-state index in [1.807, 2.05) is 12.3 Å². The first-order valence-corrected chi connectivity index (χ1v) is 7.45. The van der Waals surface area contributed by atoms with E-state index >= 15 is 0 Å². The van der Waals surface area contributed by atoms with E-state index in [0.29, 0.717) is 0 Å². The van der Waals surface area contributed by atoms with Crippen molar-refractivity contribution in [3.05, 3.63) is 54.0 Å². The average Bonchev–Trinajstić information content (AvgIpc) is 3.10. The van der Waals surface area contributed by atoms with Gasteiger partial charge in [-0.25, -0.2) is 0 Å². The molecule has 0 unspecified atom stereocenters. The van der Waals surface area contributed by atoms with E-state index in [0.717, 1.165) is 11.0 Å². The summed E-state index contributed by atoms with van der Waals surface area (Å²) in [7, 11) is 0. The van der Waals surface area contributed by atoms with Crippen LogP contribution in [-0.2, 0) is 0 Å². The van der Waals surface area contributed by atoms with E-state index in [4.69, 9.17) is 0 Å². The number of nitrogens with one attached hydrogen (secondary N) is 1. The number of nitrogens with zero attached hydrogens (tertiary/aromatic N) is 1. The molecule has 0 spiro atoms. The number of fused-ring (bicyclic) bond motifs is 7. The Bertz CT molecular complexity index is 1100. The highest BCUT2D eigenvalue weighted by Gasteiger charge is 2.10. The Kier molecular flexibility index (Phi) is 1.86. The fourth-order valence-electron chi connectivity index (χ4n) is 3.02. The second-order valence-corrected chi connectivity index (χ2v) is 5.96. The third-order valence-corrected chi connectivity index (χ3v) is 4.83. The van der Waals surface area contributed by atoms with Crippen molar-refractivity contribution in [3.63, 3.8) is 0 Å². The van der Waals surface area contributed by atoms with Crippen molar-refractivity contribution in [1.82, 2.24) is 9.97 Å². The van der Waals surface area contributed by atoms with Crippen molar-refractivity contribution in [2.24, 2.45) is 0 Å². The topological polar surface area (TPSA) is 28.7 Å². The van der Waals surface area contributed by atoms with Gasteiger partial charge in [0.2, 0.25) is 0 Å². The van der Waals surface area contributed by atoms with Gasteiger partial charge in [0.25, 0.3) is 0 Å². The smallest absolute Gasteiger partial charge is 0.0943 e. The van der Waals surface area contributed by atoms with E-state index < -0.39 is 0 Å². The Morgan fingerprint density at radius 3 is 2.75 bits per heavy atom. The zero-order valence-corrected chi connectivity index (χ0v) is 11.4. The lowest BCUT2D eigenvalue weighted by atomic mass is 10.1. The van der Waals surface area contributed by atoms with Crippen LogP contribution in [0.2, 0.25) is 0 Å². The number of thiophene rings is 1. The molecular formula is C17H10N2S. The molecule has 3 heterocycles. The maximum atomic E-state index is 4.54. The number of hydrogen-bond acceptors (Lipinski definition) is 2. The first kappa shape index (κ1) is 10.4. The molecular weight excluding hydrogens is 264 g/mol. The molecule has 5 rings (SSSR count). The van der Waals surface area contributed by atoms with Crippen molar-refractivity contribution in [2.45, 2.75) is 0 Å². The number of aromatic nitrogens is 2. The molecule has 3 aromatic heterocycles. The second-order valence-electron chi connectivity index (χ2n) is 5.01. The minimum absolute atomic E-state index is 1.05. The summed E-state index contributed by atoms with van der Waals surface area (Å²) in [5, 5.41) is 7.14. The maximum absolute atomic E-state index is 4.54. The molecule has 0 aliphatic carbocycles. The third kappa shape index (κ3) is 1.20. The standard InChI is InChI=1S/C17H10N2S/c1-2-10-3-4-12-11-5-6-14-13(7-9-20-14)16(11)19-17(12)15(10)18-8-1/h1-9,19H. The quantitative estimate of drug-likeness (QED) is 0.419. The molecule has 0 amide bonds. The summed E-state index contributed by atoms with van der Waals surface area (Å²) in [5.41, 5.74) is 3.40. The number of H-pyrrole nitrogens is 1. The molecule has 94 valence electrons. The number of rotatable bonds is 0. The van der Waals surface area contributed by atoms with Gasteiger partial charge in [-0.3, -0.25) is 4.98 Å². The van der Waals surface area contributed by atoms with Gasteiger partial charge in [0.05, 0.1) is 16.6 Å². The molecule has 0 aliphatic heterocycles. The van der Waals surface area contributed by atoms with Gasteiger partial charge in [-0.05, 0) is 23.6 Å². The summed E-state index contributed by atoms with van der Waals surface area (Å²) < 4.78 is 1.32. The summed E-state index contributed by atoms with van der Waals surface area (Å²) in [5.74, 6) is 0. The fourth-order valence-corrected chi connectivity index (χ4v) is 3.82. The molecule has 5 aromatic rings. The Morgan fingerprint density at radius 1 is 0.850 bits per heavy atom. The number of benzene rings is 2. The van der Waals surface area contributed by atoms with Crippen LogP contribution in [0.15, 0.2) is 54.0 Å². The first-order chi connectivity index (χ1) is 9.92. The van der Waals surface area contributed by atoms with Gasteiger partial charge < -0.3 is 4.98 Å².